The van der Waals surface area contributed by atoms with E-state index in [0.29, 0.717) is 22.2 Å². The van der Waals surface area contributed by atoms with Crippen molar-refractivity contribution in [1.29, 1.82) is 0 Å². The zero-order valence-corrected chi connectivity index (χ0v) is 18.3. The molecule has 0 aliphatic carbocycles. The Bertz CT molecular complexity index is 842. The predicted octanol–water partition coefficient (Wildman–Crippen LogP) is 4.70. The second-order valence-electron chi connectivity index (χ2n) is 6.92. The van der Waals surface area contributed by atoms with Crippen LogP contribution in [0.1, 0.15) is 32.8 Å². The number of rotatable bonds is 9. The smallest absolute Gasteiger partial charge is 0.261 e. The summed E-state index contributed by atoms with van der Waals surface area (Å²) in [5.74, 6) is -0.115. The van der Waals surface area contributed by atoms with E-state index >= 15 is 0 Å². The molecule has 0 saturated heterocycles. The molecule has 0 aliphatic rings. The standard InChI is InChI=1S/C22H26Cl2N2O3/c1-4-19(22(28)25-15(2)3)26(13-16-9-5-6-10-17(16)23)21(27)14-29-20-12-8-7-11-18(20)24/h5-12,15,19H,4,13-14H2,1-3H3,(H,25,28)/t19-/m1/s1. The van der Waals surface area contributed by atoms with Crippen molar-refractivity contribution in [3.8, 4) is 5.75 Å². The molecular formula is C22H26Cl2N2O3. The van der Waals surface area contributed by atoms with Crippen molar-refractivity contribution < 1.29 is 14.3 Å². The lowest BCUT2D eigenvalue weighted by Gasteiger charge is -2.31. The minimum absolute atomic E-state index is 0.0341. The molecule has 2 rings (SSSR count). The van der Waals surface area contributed by atoms with Gasteiger partial charge in [0.25, 0.3) is 5.91 Å². The fourth-order valence-corrected chi connectivity index (χ4v) is 3.28. The highest BCUT2D eigenvalue weighted by molar-refractivity contribution is 6.32. The van der Waals surface area contributed by atoms with Crippen molar-refractivity contribution in [3.63, 3.8) is 0 Å². The summed E-state index contributed by atoms with van der Waals surface area (Å²) >= 11 is 12.4. The summed E-state index contributed by atoms with van der Waals surface area (Å²) in [6, 6.07) is 13.5. The van der Waals surface area contributed by atoms with E-state index in [1.165, 1.54) is 4.90 Å². The first kappa shape index (κ1) is 23.0. The van der Waals surface area contributed by atoms with Crippen LogP contribution in [0.25, 0.3) is 0 Å². The minimum Gasteiger partial charge on any atom is -0.482 e. The maximum atomic E-state index is 13.1. The summed E-state index contributed by atoms with van der Waals surface area (Å²) in [5.41, 5.74) is 0.760. The zero-order chi connectivity index (χ0) is 21.4. The molecule has 0 fully saturated rings. The molecule has 0 radical (unpaired) electrons. The van der Waals surface area contributed by atoms with Crippen molar-refractivity contribution in [3.05, 3.63) is 64.1 Å². The molecule has 2 aromatic carbocycles. The molecule has 156 valence electrons. The molecule has 0 aliphatic heterocycles. The zero-order valence-electron chi connectivity index (χ0n) is 16.8. The normalized spacial score (nSPS) is 11.8. The summed E-state index contributed by atoms with van der Waals surface area (Å²) in [6.45, 7) is 5.59. The molecule has 0 heterocycles. The lowest BCUT2D eigenvalue weighted by Crippen LogP contribution is -2.51. The number of amides is 2. The van der Waals surface area contributed by atoms with Crippen molar-refractivity contribution in [2.75, 3.05) is 6.61 Å². The molecular weight excluding hydrogens is 411 g/mol. The van der Waals surface area contributed by atoms with E-state index in [1.54, 1.807) is 30.3 Å². The number of benzene rings is 2. The quantitative estimate of drug-likeness (QED) is 0.619. The van der Waals surface area contributed by atoms with Crippen LogP contribution < -0.4 is 10.1 Å². The van der Waals surface area contributed by atoms with E-state index in [2.05, 4.69) is 5.32 Å². The van der Waals surface area contributed by atoms with Crippen LogP contribution in [0.5, 0.6) is 5.75 Å². The summed E-state index contributed by atoms with van der Waals surface area (Å²) in [4.78, 5) is 27.3. The maximum Gasteiger partial charge on any atom is 0.261 e. The number of carbonyl (C=O) groups is 2. The SMILES string of the molecule is CC[C@H](C(=O)NC(C)C)N(Cc1ccccc1Cl)C(=O)COc1ccccc1Cl. The van der Waals surface area contributed by atoms with Gasteiger partial charge in [-0.3, -0.25) is 9.59 Å². The Morgan fingerprint density at radius 1 is 1.03 bits per heavy atom. The fourth-order valence-electron chi connectivity index (χ4n) is 2.89. The number of nitrogens with one attached hydrogen (secondary N) is 1. The molecule has 2 amide bonds. The number of hydrogen-bond donors (Lipinski definition) is 1. The van der Waals surface area contributed by atoms with Gasteiger partial charge < -0.3 is 15.0 Å². The van der Waals surface area contributed by atoms with Crippen LogP contribution >= 0.6 is 23.2 Å². The Morgan fingerprint density at radius 3 is 2.24 bits per heavy atom. The van der Waals surface area contributed by atoms with Crippen LogP contribution in [-0.2, 0) is 16.1 Å². The van der Waals surface area contributed by atoms with Gasteiger partial charge in [0, 0.05) is 17.6 Å². The van der Waals surface area contributed by atoms with E-state index in [1.807, 2.05) is 39.0 Å². The summed E-state index contributed by atoms with van der Waals surface area (Å²) in [6.07, 6.45) is 0.459. The lowest BCUT2D eigenvalue weighted by atomic mass is 10.1. The van der Waals surface area contributed by atoms with Gasteiger partial charge in [-0.25, -0.2) is 0 Å². The number of halogens is 2. The Kier molecular flexibility index (Phi) is 8.80. The maximum absolute atomic E-state index is 13.1. The fraction of sp³-hybridized carbons (Fsp3) is 0.364. The molecule has 1 N–H and O–H groups in total. The topological polar surface area (TPSA) is 58.6 Å². The average Bonchev–Trinajstić information content (AvgIpc) is 2.68. The number of ether oxygens (including phenoxy) is 1. The second-order valence-corrected chi connectivity index (χ2v) is 7.73. The third kappa shape index (κ3) is 6.65. The van der Waals surface area contributed by atoms with Gasteiger partial charge in [-0.15, -0.1) is 0 Å². The Morgan fingerprint density at radius 2 is 1.66 bits per heavy atom. The average molecular weight is 437 g/mol. The van der Waals surface area contributed by atoms with Gasteiger partial charge in [0.1, 0.15) is 11.8 Å². The highest BCUT2D eigenvalue weighted by atomic mass is 35.5. The number of carbonyl (C=O) groups excluding carboxylic acids is 2. The molecule has 29 heavy (non-hydrogen) atoms. The molecule has 0 bridgehead atoms. The second kappa shape index (κ2) is 11.1. The Balaban J connectivity index is 2.24. The largest absolute Gasteiger partial charge is 0.482 e. The van der Waals surface area contributed by atoms with E-state index in [0.717, 1.165) is 5.56 Å². The van der Waals surface area contributed by atoms with Crippen LogP contribution in [0.4, 0.5) is 0 Å². The minimum atomic E-state index is -0.643. The molecule has 0 spiro atoms. The number of nitrogens with zero attached hydrogens (tertiary/aromatic N) is 1. The van der Waals surface area contributed by atoms with E-state index in [4.69, 9.17) is 27.9 Å². The van der Waals surface area contributed by atoms with Crippen LogP contribution in [0, 0.1) is 0 Å². The summed E-state index contributed by atoms with van der Waals surface area (Å²) in [5, 5.41) is 3.84. The van der Waals surface area contributed by atoms with Gasteiger partial charge in [-0.2, -0.15) is 0 Å². The van der Waals surface area contributed by atoms with Crippen LogP contribution in [0.15, 0.2) is 48.5 Å². The lowest BCUT2D eigenvalue weighted by molar-refractivity contribution is -0.143. The van der Waals surface area contributed by atoms with Crippen molar-refractivity contribution in [2.45, 2.75) is 45.8 Å². The number of para-hydroxylation sites is 1. The van der Waals surface area contributed by atoms with Gasteiger partial charge in [0.05, 0.1) is 5.02 Å². The molecule has 0 unspecified atom stereocenters. The molecule has 5 nitrogen and oxygen atoms in total. The van der Waals surface area contributed by atoms with Crippen molar-refractivity contribution in [2.24, 2.45) is 0 Å². The highest BCUT2D eigenvalue weighted by Crippen LogP contribution is 2.24. The molecule has 1 atom stereocenters. The first-order valence-corrected chi connectivity index (χ1v) is 10.3. The van der Waals surface area contributed by atoms with Crippen LogP contribution in [0.2, 0.25) is 10.0 Å². The van der Waals surface area contributed by atoms with Gasteiger partial charge in [-0.1, -0.05) is 60.5 Å². The van der Waals surface area contributed by atoms with Crippen LogP contribution in [-0.4, -0.2) is 35.4 Å². The van der Waals surface area contributed by atoms with Crippen LogP contribution in [0.3, 0.4) is 0 Å². The molecule has 0 aromatic heterocycles. The van der Waals surface area contributed by atoms with Gasteiger partial charge in [0.2, 0.25) is 5.91 Å². The highest BCUT2D eigenvalue weighted by Gasteiger charge is 2.29. The third-order valence-electron chi connectivity index (χ3n) is 4.30. The summed E-state index contributed by atoms with van der Waals surface area (Å²) < 4.78 is 5.62. The van der Waals surface area contributed by atoms with Gasteiger partial charge in [-0.05, 0) is 44.0 Å². The van der Waals surface area contributed by atoms with Crippen molar-refractivity contribution in [1.82, 2.24) is 10.2 Å². The molecule has 0 saturated carbocycles. The first-order valence-electron chi connectivity index (χ1n) is 9.54. The van der Waals surface area contributed by atoms with Crippen molar-refractivity contribution >= 4 is 35.0 Å². The number of hydrogen-bond acceptors (Lipinski definition) is 3. The van der Waals surface area contributed by atoms with E-state index in [-0.39, 0.29) is 31.0 Å². The first-order chi connectivity index (χ1) is 13.8. The van der Waals surface area contributed by atoms with E-state index in [9.17, 15) is 9.59 Å². The Hall–Kier alpha value is -2.24. The molecule has 2 aromatic rings. The van der Waals surface area contributed by atoms with Gasteiger partial charge >= 0.3 is 0 Å². The Labute approximate surface area is 181 Å². The molecule has 7 heteroatoms. The predicted molar refractivity (Wildman–Crippen MR) is 116 cm³/mol. The monoisotopic (exact) mass is 436 g/mol. The van der Waals surface area contributed by atoms with E-state index < -0.39 is 6.04 Å². The van der Waals surface area contributed by atoms with Gasteiger partial charge in [0.15, 0.2) is 6.61 Å². The summed E-state index contributed by atoms with van der Waals surface area (Å²) in [7, 11) is 0. The third-order valence-corrected chi connectivity index (χ3v) is 4.98.